The van der Waals surface area contributed by atoms with Gasteiger partial charge in [-0.1, -0.05) is 13.0 Å². The van der Waals surface area contributed by atoms with Gasteiger partial charge < -0.3 is 5.32 Å². The molecule has 0 aliphatic carbocycles. The molecule has 0 aliphatic heterocycles. The first-order chi connectivity index (χ1) is 9.65. The van der Waals surface area contributed by atoms with Crippen LogP contribution in [0.3, 0.4) is 0 Å². The van der Waals surface area contributed by atoms with Gasteiger partial charge in [-0.05, 0) is 35.6 Å². The van der Waals surface area contributed by atoms with Gasteiger partial charge in [0.25, 0.3) is 5.91 Å². The Labute approximate surface area is 120 Å². The van der Waals surface area contributed by atoms with Crippen LogP contribution in [-0.2, 0) is 13.0 Å². The minimum absolute atomic E-state index is 0.109. The van der Waals surface area contributed by atoms with Crippen molar-refractivity contribution in [3.8, 4) is 6.07 Å². The lowest BCUT2D eigenvalue weighted by molar-refractivity contribution is 0.0954. The summed E-state index contributed by atoms with van der Waals surface area (Å²) in [5.41, 5.74) is 1.63. The molecule has 1 aromatic heterocycles. The molecule has 0 saturated carbocycles. The predicted octanol–water partition coefficient (Wildman–Crippen LogP) is 3.25. The van der Waals surface area contributed by atoms with E-state index in [1.165, 1.54) is 29.5 Å². The maximum absolute atomic E-state index is 13.7. The van der Waals surface area contributed by atoms with Crippen LogP contribution in [0.2, 0.25) is 0 Å². The highest BCUT2D eigenvalue weighted by Crippen LogP contribution is 2.17. The Balaban J connectivity index is 2.06. The fourth-order valence-electron chi connectivity index (χ4n) is 1.83. The largest absolute Gasteiger partial charge is 0.347 e. The smallest absolute Gasteiger partial charge is 0.261 e. The topological polar surface area (TPSA) is 52.9 Å². The van der Waals surface area contributed by atoms with Crippen LogP contribution >= 0.6 is 11.3 Å². The van der Waals surface area contributed by atoms with E-state index in [9.17, 15) is 9.18 Å². The summed E-state index contributed by atoms with van der Waals surface area (Å²) in [5, 5.41) is 13.2. The molecule has 0 aliphatic rings. The summed E-state index contributed by atoms with van der Waals surface area (Å²) in [4.78, 5) is 12.7. The molecule has 5 heteroatoms. The van der Waals surface area contributed by atoms with Crippen LogP contribution < -0.4 is 5.32 Å². The maximum Gasteiger partial charge on any atom is 0.261 e. The van der Waals surface area contributed by atoms with Gasteiger partial charge in [0.2, 0.25) is 0 Å². The lowest BCUT2D eigenvalue weighted by Gasteiger charge is -2.06. The number of carbonyl (C=O) groups is 1. The van der Waals surface area contributed by atoms with Crippen LogP contribution in [-0.4, -0.2) is 5.91 Å². The van der Waals surface area contributed by atoms with Crippen molar-refractivity contribution in [2.24, 2.45) is 0 Å². The van der Waals surface area contributed by atoms with Crippen molar-refractivity contribution in [3.63, 3.8) is 0 Å². The second-order valence-electron chi connectivity index (χ2n) is 4.23. The number of hydrogen-bond donors (Lipinski definition) is 1. The van der Waals surface area contributed by atoms with E-state index in [0.29, 0.717) is 10.4 Å². The van der Waals surface area contributed by atoms with Crippen LogP contribution in [0.1, 0.15) is 33.3 Å². The molecule has 0 spiro atoms. The van der Waals surface area contributed by atoms with Crippen LogP contribution in [0.15, 0.2) is 29.6 Å². The van der Waals surface area contributed by atoms with Crippen LogP contribution in [0.5, 0.6) is 0 Å². The third kappa shape index (κ3) is 3.03. The number of nitrogens with zero attached hydrogens (tertiary/aromatic N) is 1. The van der Waals surface area contributed by atoms with E-state index in [1.807, 2.05) is 24.4 Å². The molecular weight excluding hydrogens is 275 g/mol. The van der Waals surface area contributed by atoms with Gasteiger partial charge >= 0.3 is 0 Å². The normalized spacial score (nSPS) is 10.1. The molecule has 102 valence electrons. The first kappa shape index (κ1) is 14.2. The van der Waals surface area contributed by atoms with Crippen molar-refractivity contribution in [2.75, 3.05) is 0 Å². The quantitative estimate of drug-likeness (QED) is 0.939. The van der Waals surface area contributed by atoms with Crippen molar-refractivity contribution in [3.05, 3.63) is 57.0 Å². The molecule has 1 heterocycles. The van der Waals surface area contributed by atoms with Gasteiger partial charge in [0.05, 0.1) is 16.5 Å². The van der Waals surface area contributed by atoms with Gasteiger partial charge in [0, 0.05) is 12.1 Å². The molecule has 1 aromatic carbocycles. The Kier molecular flexibility index (Phi) is 4.49. The van der Waals surface area contributed by atoms with Crippen LogP contribution in [0.4, 0.5) is 4.39 Å². The molecule has 0 radical (unpaired) electrons. The zero-order valence-electron chi connectivity index (χ0n) is 10.9. The Morgan fingerprint density at radius 3 is 2.85 bits per heavy atom. The number of thiophene rings is 1. The molecule has 0 atom stereocenters. The molecule has 20 heavy (non-hydrogen) atoms. The fourth-order valence-corrected chi connectivity index (χ4v) is 2.74. The third-order valence-electron chi connectivity index (χ3n) is 2.96. The lowest BCUT2D eigenvalue weighted by Crippen LogP contribution is -2.23. The minimum Gasteiger partial charge on any atom is -0.347 e. The number of halogens is 1. The maximum atomic E-state index is 13.7. The monoisotopic (exact) mass is 288 g/mol. The number of hydrogen-bond acceptors (Lipinski definition) is 3. The molecule has 2 aromatic rings. The Hall–Kier alpha value is -2.19. The second kappa shape index (κ2) is 6.31. The number of carbonyl (C=O) groups excluding carboxylic acids is 1. The number of amides is 1. The van der Waals surface area contributed by atoms with E-state index in [-0.39, 0.29) is 18.0 Å². The molecule has 0 unspecified atom stereocenters. The Morgan fingerprint density at radius 2 is 2.20 bits per heavy atom. The van der Waals surface area contributed by atoms with Crippen molar-refractivity contribution >= 4 is 17.2 Å². The number of nitriles is 1. The van der Waals surface area contributed by atoms with E-state index in [1.54, 1.807) is 0 Å². The molecular formula is C15H13FN2OS. The summed E-state index contributed by atoms with van der Waals surface area (Å²) < 4.78 is 13.7. The van der Waals surface area contributed by atoms with Gasteiger partial charge in [-0.3, -0.25) is 4.79 Å². The van der Waals surface area contributed by atoms with Gasteiger partial charge in [0.15, 0.2) is 0 Å². The van der Waals surface area contributed by atoms with Crippen molar-refractivity contribution in [2.45, 2.75) is 19.9 Å². The number of rotatable bonds is 4. The fraction of sp³-hybridized carbons (Fsp3) is 0.200. The van der Waals surface area contributed by atoms with Gasteiger partial charge in [-0.25, -0.2) is 4.39 Å². The predicted molar refractivity (Wildman–Crippen MR) is 76.0 cm³/mol. The first-order valence-corrected chi connectivity index (χ1v) is 7.06. The summed E-state index contributed by atoms with van der Waals surface area (Å²) in [5.74, 6) is -0.674. The number of benzene rings is 1. The zero-order valence-corrected chi connectivity index (χ0v) is 11.8. The summed E-state index contributed by atoms with van der Waals surface area (Å²) in [6, 6.07) is 8.01. The highest BCUT2D eigenvalue weighted by molar-refractivity contribution is 7.12. The van der Waals surface area contributed by atoms with Gasteiger partial charge in [0.1, 0.15) is 5.82 Å². The lowest BCUT2D eigenvalue weighted by atomic mass is 10.1. The molecule has 1 amide bonds. The Morgan fingerprint density at radius 1 is 1.40 bits per heavy atom. The van der Waals surface area contributed by atoms with E-state index in [4.69, 9.17) is 5.26 Å². The minimum atomic E-state index is -0.480. The second-order valence-corrected chi connectivity index (χ2v) is 5.15. The van der Waals surface area contributed by atoms with E-state index >= 15 is 0 Å². The molecule has 0 saturated heterocycles. The Bertz CT molecular complexity index is 673. The van der Waals surface area contributed by atoms with Gasteiger partial charge in [-0.2, -0.15) is 5.26 Å². The zero-order chi connectivity index (χ0) is 14.5. The SMILES string of the molecule is CCc1ccsc1C(=O)NCc1ccc(C#N)cc1F. The molecule has 0 bridgehead atoms. The number of nitrogens with one attached hydrogen (secondary N) is 1. The average Bonchev–Trinajstić information content (AvgIpc) is 2.94. The van der Waals surface area contributed by atoms with Crippen molar-refractivity contribution in [1.29, 1.82) is 5.26 Å². The van der Waals surface area contributed by atoms with E-state index < -0.39 is 5.82 Å². The summed E-state index contributed by atoms with van der Waals surface area (Å²) in [6.07, 6.45) is 0.789. The van der Waals surface area contributed by atoms with E-state index in [2.05, 4.69) is 5.32 Å². The average molecular weight is 288 g/mol. The highest BCUT2D eigenvalue weighted by Gasteiger charge is 2.12. The van der Waals surface area contributed by atoms with Crippen molar-refractivity contribution < 1.29 is 9.18 Å². The highest BCUT2D eigenvalue weighted by atomic mass is 32.1. The molecule has 1 N–H and O–H groups in total. The first-order valence-electron chi connectivity index (χ1n) is 6.18. The molecule has 0 fully saturated rings. The summed E-state index contributed by atoms with van der Waals surface area (Å²) >= 11 is 1.38. The van der Waals surface area contributed by atoms with Gasteiger partial charge in [-0.15, -0.1) is 11.3 Å². The van der Waals surface area contributed by atoms with E-state index in [0.717, 1.165) is 12.0 Å². The summed E-state index contributed by atoms with van der Waals surface area (Å²) in [7, 11) is 0. The van der Waals surface area contributed by atoms with Crippen LogP contribution in [0, 0.1) is 17.1 Å². The summed E-state index contributed by atoms with van der Waals surface area (Å²) in [6.45, 7) is 2.09. The molecule has 3 nitrogen and oxygen atoms in total. The molecule has 2 rings (SSSR count). The number of aryl methyl sites for hydroxylation is 1. The van der Waals surface area contributed by atoms with Crippen LogP contribution in [0.25, 0.3) is 0 Å². The van der Waals surface area contributed by atoms with Crippen molar-refractivity contribution in [1.82, 2.24) is 5.32 Å². The third-order valence-corrected chi connectivity index (χ3v) is 3.91. The standard InChI is InChI=1S/C15H13FN2OS/c1-2-11-5-6-20-14(11)15(19)18-9-12-4-3-10(8-17)7-13(12)16/h3-7H,2,9H2,1H3,(H,18,19).